The lowest BCUT2D eigenvalue weighted by molar-refractivity contribution is -0.139. The van der Waals surface area contributed by atoms with Crippen LogP contribution in [0.15, 0.2) is 29.2 Å². The molecule has 1 aliphatic carbocycles. The van der Waals surface area contributed by atoms with Crippen molar-refractivity contribution in [1.29, 1.82) is 0 Å². The van der Waals surface area contributed by atoms with E-state index in [1.807, 2.05) is 0 Å². The first-order valence-electron chi connectivity index (χ1n) is 6.29. The van der Waals surface area contributed by atoms with Gasteiger partial charge in [0.25, 0.3) is 0 Å². The topological polar surface area (TPSA) is 110 Å². The second kappa shape index (κ2) is 5.82. The summed E-state index contributed by atoms with van der Waals surface area (Å²) in [6.07, 6.45) is 1.33. The van der Waals surface area contributed by atoms with E-state index in [1.165, 1.54) is 24.3 Å². The van der Waals surface area contributed by atoms with Gasteiger partial charge in [-0.2, -0.15) is 4.72 Å². The second-order valence-corrected chi connectivity index (χ2v) is 6.44. The monoisotopic (exact) mass is 313 g/mol. The Morgan fingerprint density at radius 3 is 2.48 bits per heavy atom. The number of hydrogen-bond donors (Lipinski definition) is 2. The van der Waals surface area contributed by atoms with Crippen LogP contribution in [0.3, 0.4) is 0 Å². The van der Waals surface area contributed by atoms with Crippen LogP contribution in [0.1, 0.15) is 23.2 Å². The van der Waals surface area contributed by atoms with Crippen molar-refractivity contribution in [2.24, 2.45) is 5.92 Å². The lowest BCUT2D eigenvalue weighted by Gasteiger charge is -2.15. The van der Waals surface area contributed by atoms with Crippen molar-refractivity contribution < 1.29 is 27.9 Å². The molecule has 8 heteroatoms. The van der Waals surface area contributed by atoms with Gasteiger partial charge in [0.15, 0.2) is 0 Å². The molecule has 0 spiro atoms. The van der Waals surface area contributed by atoms with Gasteiger partial charge in [0.05, 0.1) is 17.6 Å². The van der Waals surface area contributed by atoms with Crippen molar-refractivity contribution in [3.63, 3.8) is 0 Å². The van der Waals surface area contributed by atoms with Gasteiger partial charge in [-0.05, 0) is 30.9 Å². The quantitative estimate of drug-likeness (QED) is 0.745. The molecule has 2 N–H and O–H groups in total. The summed E-state index contributed by atoms with van der Waals surface area (Å²) in [5.41, 5.74) is -0.132. The van der Waals surface area contributed by atoms with E-state index in [0.717, 1.165) is 7.11 Å². The van der Waals surface area contributed by atoms with E-state index in [2.05, 4.69) is 9.46 Å². The van der Waals surface area contributed by atoms with E-state index in [4.69, 9.17) is 5.11 Å². The molecule has 0 bridgehead atoms. The van der Waals surface area contributed by atoms with Crippen LogP contribution in [0.25, 0.3) is 0 Å². The van der Waals surface area contributed by atoms with Crippen LogP contribution in [0.5, 0.6) is 0 Å². The number of aliphatic carboxylic acids is 1. The fourth-order valence-corrected chi connectivity index (χ4v) is 3.44. The number of carboxylic acid groups (broad SMARTS) is 1. The van der Waals surface area contributed by atoms with Gasteiger partial charge < -0.3 is 9.84 Å². The first-order valence-corrected chi connectivity index (χ1v) is 7.77. The highest BCUT2D eigenvalue weighted by Gasteiger charge is 2.39. The number of benzene rings is 1. The highest BCUT2D eigenvalue weighted by Crippen LogP contribution is 2.33. The number of methoxy groups -OCH3 is 1. The summed E-state index contributed by atoms with van der Waals surface area (Å²) in [6.45, 7) is 0. The molecule has 1 fully saturated rings. The third-order valence-electron chi connectivity index (χ3n) is 3.22. The molecule has 0 amide bonds. The molecular weight excluding hydrogens is 298 g/mol. The van der Waals surface area contributed by atoms with Crippen molar-refractivity contribution in [2.75, 3.05) is 7.11 Å². The average Bonchev–Trinajstić information content (AvgIpc) is 3.28. The molecule has 1 unspecified atom stereocenters. The highest BCUT2D eigenvalue weighted by atomic mass is 32.2. The zero-order valence-corrected chi connectivity index (χ0v) is 12.1. The van der Waals surface area contributed by atoms with Crippen molar-refractivity contribution in [3.05, 3.63) is 29.8 Å². The first kappa shape index (κ1) is 15.5. The number of rotatable bonds is 6. The normalized spacial score (nSPS) is 16.2. The molecule has 2 rings (SSSR count). The number of carbonyl (C=O) groups is 2. The number of carboxylic acids is 1. The van der Waals surface area contributed by atoms with Crippen LogP contribution in [0.2, 0.25) is 0 Å². The average molecular weight is 313 g/mol. The Kier molecular flexibility index (Phi) is 4.29. The van der Waals surface area contributed by atoms with E-state index in [-0.39, 0.29) is 16.4 Å². The Morgan fingerprint density at radius 1 is 1.33 bits per heavy atom. The third kappa shape index (κ3) is 3.40. The zero-order chi connectivity index (χ0) is 15.6. The summed E-state index contributed by atoms with van der Waals surface area (Å²) in [5.74, 6) is -2.23. The minimum absolute atomic E-state index is 0.132. The van der Waals surface area contributed by atoms with E-state index < -0.39 is 28.0 Å². The molecule has 0 radical (unpaired) electrons. The molecule has 114 valence electrons. The Labute approximate surface area is 122 Å². The molecule has 1 aliphatic rings. The van der Waals surface area contributed by atoms with Crippen LogP contribution >= 0.6 is 0 Å². The van der Waals surface area contributed by atoms with Gasteiger partial charge in [-0.15, -0.1) is 0 Å². The Morgan fingerprint density at radius 2 is 1.95 bits per heavy atom. The zero-order valence-electron chi connectivity index (χ0n) is 11.3. The van der Waals surface area contributed by atoms with Gasteiger partial charge >= 0.3 is 11.9 Å². The Bertz CT molecular complexity index is 665. The second-order valence-electron chi connectivity index (χ2n) is 4.76. The van der Waals surface area contributed by atoms with Gasteiger partial charge in [0.1, 0.15) is 6.04 Å². The number of hydrogen-bond acceptors (Lipinski definition) is 5. The van der Waals surface area contributed by atoms with Crippen LogP contribution in [-0.4, -0.2) is 38.6 Å². The number of carbonyl (C=O) groups excluding carboxylic acids is 1. The highest BCUT2D eigenvalue weighted by molar-refractivity contribution is 7.89. The summed E-state index contributed by atoms with van der Waals surface area (Å²) in [7, 11) is -2.98. The maximum atomic E-state index is 12.3. The maximum Gasteiger partial charge on any atom is 0.339 e. The van der Waals surface area contributed by atoms with Gasteiger partial charge in [-0.3, -0.25) is 4.79 Å². The summed E-state index contributed by atoms with van der Waals surface area (Å²) >= 11 is 0. The summed E-state index contributed by atoms with van der Waals surface area (Å²) < 4.78 is 31.4. The fraction of sp³-hybridized carbons (Fsp3) is 0.385. The van der Waals surface area contributed by atoms with Gasteiger partial charge in [-0.1, -0.05) is 12.1 Å². The van der Waals surface area contributed by atoms with E-state index in [1.54, 1.807) is 0 Å². The molecule has 0 aliphatic heterocycles. The molecule has 0 saturated heterocycles. The number of ether oxygens (including phenoxy) is 1. The molecule has 1 saturated carbocycles. The summed E-state index contributed by atoms with van der Waals surface area (Å²) in [4.78, 5) is 22.5. The SMILES string of the molecule is COC(=O)c1ccccc1S(=O)(=O)NC(C(=O)O)C1CC1. The molecule has 7 nitrogen and oxygen atoms in total. The molecule has 21 heavy (non-hydrogen) atoms. The van der Waals surface area contributed by atoms with E-state index in [0.29, 0.717) is 12.8 Å². The minimum Gasteiger partial charge on any atom is -0.480 e. The lowest BCUT2D eigenvalue weighted by Crippen LogP contribution is -2.42. The van der Waals surface area contributed by atoms with Crippen LogP contribution in [0, 0.1) is 5.92 Å². The Balaban J connectivity index is 2.35. The van der Waals surface area contributed by atoms with Crippen LogP contribution in [-0.2, 0) is 19.6 Å². The third-order valence-corrected chi connectivity index (χ3v) is 4.72. The molecule has 0 heterocycles. The number of sulfonamides is 1. The van der Waals surface area contributed by atoms with E-state index >= 15 is 0 Å². The van der Waals surface area contributed by atoms with Crippen LogP contribution < -0.4 is 4.72 Å². The summed E-state index contributed by atoms with van der Waals surface area (Å²) in [6, 6.07) is 4.32. The van der Waals surface area contributed by atoms with Crippen molar-refractivity contribution in [2.45, 2.75) is 23.8 Å². The predicted octanol–water partition coefficient (Wildman–Crippen LogP) is 0.615. The Hall–Kier alpha value is -1.93. The largest absolute Gasteiger partial charge is 0.480 e. The van der Waals surface area contributed by atoms with Gasteiger partial charge in [-0.25, -0.2) is 13.2 Å². The molecule has 1 aromatic rings. The molecule has 1 aromatic carbocycles. The number of nitrogens with one attached hydrogen (secondary N) is 1. The lowest BCUT2D eigenvalue weighted by atomic mass is 10.2. The van der Waals surface area contributed by atoms with Crippen molar-refractivity contribution in [1.82, 2.24) is 4.72 Å². The van der Waals surface area contributed by atoms with Crippen molar-refractivity contribution >= 4 is 22.0 Å². The fourth-order valence-electron chi connectivity index (χ4n) is 1.99. The molecular formula is C13H15NO6S. The maximum absolute atomic E-state index is 12.3. The number of esters is 1. The van der Waals surface area contributed by atoms with Gasteiger partial charge in [0.2, 0.25) is 10.0 Å². The van der Waals surface area contributed by atoms with Crippen molar-refractivity contribution in [3.8, 4) is 0 Å². The predicted molar refractivity (Wildman–Crippen MR) is 72.3 cm³/mol. The van der Waals surface area contributed by atoms with E-state index in [9.17, 15) is 18.0 Å². The first-order chi connectivity index (χ1) is 9.86. The summed E-state index contributed by atoms with van der Waals surface area (Å²) in [5, 5.41) is 9.10. The standard InChI is InChI=1S/C13H15NO6S/c1-20-13(17)9-4-2-3-5-10(9)21(18,19)14-11(12(15)16)8-6-7-8/h2-5,8,11,14H,6-7H2,1H3,(H,15,16). The van der Waals surface area contributed by atoms with Crippen LogP contribution in [0.4, 0.5) is 0 Å². The molecule has 0 aromatic heterocycles. The smallest absolute Gasteiger partial charge is 0.339 e. The minimum atomic E-state index is -4.13. The van der Waals surface area contributed by atoms with Gasteiger partial charge in [0, 0.05) is 0 Å². The molecule has 1 atom stereocenters.